The van der Waals surface area contributed by atoms with E-state index in [1.165, 1.54) is 6.42 Å². The fourth-order valence-electron chi connectivity index (χ4n) is 4.37. The highest BCUT2D eigenvalue weighted by Gasteiger charge is 2.56. The Morgan fingerprint density at radius 3 is 2.63 bits per heavy atom. The fourth-order valence-corrected chi connectivity index (χ4v) is 4.37. The van der Waals surface area contributed by atoms with E-state index >= 15 is 0 Å². The van der Waals surface area contributed by atoms with Crippen LogP contribution in [-0.2, 0) is 4.74 Å². The van der Waals surface area contributed by atoms with E-state index in [1.807, 2.05) is 0 Å². The highest BCUT2D eigenvalue weighted by atomic mass is 16.6. The van der Waals surface area contributed by atoms with E-state index in [-0.39, 0.29) is 11.7 Å². The van der Waals surface area contributed by atoms with Crippen LogP contribution < -0.4 is 5.32 Å². The lowest BCUT2D eigenvalue weighted by Crippen LogP contribution is -2.56. The van der Waals surface area contributed by atoms with E-state index < -0.39 is 0 Å². The van der Waals surface area contributed by atoms with Gasteiger partial charge in [0.2, 0.25) is 0 Å². The van der Waals surface area contributed by atoms with Crippen molar-refractivity contribution in [2.75, 3.05) is 6.54 Å². The molecule has 0 aliphatic carbocycles. The average Bonchev–Trinajstić information content (AvgIpc) is 2.77. The molecule has 3 aliphatic rings. The zero-order valence-corrected chi connectivity index (χ0v) is 12.5. The van der Waals surface area contributed by atoms with Crippen LogP contribution in [0.25, 0.3) is 0 Å². The molecular formula is C15H26N2O2. The molecule has 0 aromatic heterocycles. The van der Waals surface area contributed by atoms with Gasteiger partial charge in [0.05, 0.1) is 6.54 Å². The van der Waals surface area contributed by atoms with Gasteiger partial charge in [0.1, 0.15) is 5.60 Å². The molecule has 3 saturated heterocycles. The number of rotatable bonds is 2. The second kappa shape index (κ2) is 4.37. The first kappa shape index (κ1) is 13.2. The number of fused-ring (bicyclic) bond motifs is 2. The standard InChI is InChI=1S/C15H26N2O2/c1-9(2)11(4)17-12-5-10(3)13(17)7-15(6-12)8-16-14(18)19-15/h9-13H,5-8H2,1-4H3,(H,16,18)/t10-,11?,12?,13+,15-/m1/s1. The summed E-state index contributed by atoms with van der Waals surface area (Å²) in [5.41, 5.74) is -0.218. The molecule has 5 atom stereocenters. The molecule has 1 amide bonds. The summed E-state index contributed by atoms with van der Waals surface area (Å²) in [7, 11) is 0. The predicted molar refractivity (Wildman–Crippen MR) is 73.9 cm³/mol. The molecule has 0 aromatic carbocycles. The maximum absolute atomic E-state index is 11.4. The molecule has 2 bridgehead atoms. The molecule has 4 nitrogen and oxygen atoms in total. The SMILES string of the molecule is CC(C)C(C)N1C2C[C@@H](C)[C@@H]1C[C@@]1(CNC(=O)O1)C2. The summed E-state index contributed by atoms with van der Waals surface area (Å²) in [5.74, 6) is 1.39. The van der Waals surface area contributed by atoms with Crippen molar-refractivity contribution in [3.05, 3.63) is 0 Å². The van der Waals surface area contributed by atoms with E-state index in [1.54, 1.807) is 0 Å². The molecule has 0 aromatic rings. The maximum Gasteiger partial charge on any atom is 0.407 e. The minimum atomic E-state index is -0.225. The first-order valence-corrected chi connectivity index (χ1v) is 7.66. The van der Waals surface area contributed by atoms with E-state index in [2.05, 4.69) is 37.9 Å². The van der Waals surface area contributed by atoms with Crippen LogP contribution in [0.4, 0.5) is 4.79 Å². The Bertz CT molecular complexity index is 384. The van der Waals surface area contributed by atoms with Crippen LogP contribution in [0.2, 0.25) is 0 Å². The molecule has 19 heavy (non-hydrogen) atoms. The predicted octanol–water partition coefficient (Wildman–Crippen LogP) is 2.38. The van der Waals surface area contributed by atoms with Gasteiger partial charge in [-0.3, -0.25) is 4.90 Å². The average molecular weight is 266 g/mol. The summed E-state index contributed by atoms with van der Waals surface area (Å²) >= 11 is 0. The third-order valence-corrected chi connectivity index (χ3v) is 5.59. The van der Waals surface area contributed by atoms with Gasteiger partial charge >= 0.3 is 6.09 Å². The molecule has 3 fully saturated rings. The summed E-state index contributed by atoms with van der Waals surface area (Å²) in [5, 5.41) is 2.85. The number of amides is 1. The van der Waals surface area contributed by atoms with Crippen LogP contribution in [0.5, 0.6) is 0 Å². The second-order valence-electron chi connectivity index (χ2n) is 7.20. The van der Waals surface area contributed by atoms with Gasteiger partial charge in [-0.1, -0.05) is 20.8 Å². The van der Waals surface area contributed by atoms with Crippen LogP contribution >= 0.6 is 0 Å². The molecule has 3 aliphatic heterocycles. The first-order chi connectivity index (χ1) is 8.92. The molecule has 1 spiro atoms. The highest BCUT2D eigenvalue weighted by molar-refractivity contribution is 5.70. The van der Waals surface area contributed by atoms with Crippen LogP contribution in [0.3, 0.4) is 0 Å². The van der Waals surface area contributed by atoms with Gasteiger partial charge in [0.15, 0.2) is 0 Å². The maximum atomic E-state index is 11.4. The quantitative estimate of drug-likeness (QED) is 0.834. The third kappa shape index (κ3) is 2.04. The van der Waals surface area contributed by atoms with Gasteiger partial charge in [-0.05, 0) is 25.2 Å². The summed E-state index contributed by atoms with van der Waals surface area (Å²) in [4.78, 5) is 14.1. The molecule has 0 saturated carbocycles. The smallest absolute Gasteiger partial charge is 0.407 e. The monoisotopic (exact) mass is 266 g/mol. The van der Waals surface area contributed by atoms with Gasteiger partial charge in [-0.25, -0.2) is 4.79 Å². The lowest BCUT2D eigenvalue weighted by Gasteiger charge is -2.47. The number of ether oxygens (including phenoxy) is 1. The fraction of sp³-hybridized carbons (Fsp3) is 0.933. The van der Waals surface area contributed by atoms with E-state index in [0.717, 1.165) is 12.8 Å². The Morgan fingerprint density at radius 1 is 1.37 bits per heavy atom. The van der Waals surface area contributed by atoms with Crippen molar-refractivity contribution < 1.29 is 9.53 Å². The topological polar surface area (TPSA) is 41.6 Å². The largest absolute Gasteiger partial charge is 0.441 e. The molecule has 3 heterocycles. The first-order valence-electron chi connectivity index (χ1n) is 7.66. The van der Waals surface area contributed by atoms with Gasteiger partial charge < -0.3 is 10.1 Å². The van der Waals surface area contributed by atoms with Crippen molar-refractivity contribution in [2.45, 2.75) is 70.7 Å². The van der Waals surface area contributed by atoms with Crippen molar-refractivity contribution >= 4 is 6.09 Å². The van der Waals surface area contributed by atoms with Crippen LogP contribution in [-0.4, -0.2) is 41.3 Å². The minimum absolute atomic E-state index is 0.218. The Balaban J connectivity index is 1.82. The molecule has 3 rings (SSSR count). The van der Waals surface area contributed by atoms with Crippen LogP contribution in [0, 0.1) is 11.8 Å². The van der Waals surface area contributed by atoms with Gasteiger partial charge in [0.25, 0.3) is 0 Å². The van der Waals surface area contributed by atoms with Crippen molar-refractivity contribution in [3.63, 3.8) is 0 Å². The van der Waals surface area contributed by atoms with E-state index in [9.17, 15) is 4.79 Å². The number of piperidine rings is 1. The number of hydrogen-bond acceptors (Lipinski definition) is 3. The Morgan fingerprint density at radius 2 is 2.11 bits per heavy atom. The number of nitrogens with zero attached hydrogens (tertiary/aromatic N) is 1. The van der Waals surface area contributed by atoms with Gasteiger partial charge in [-0.2, -0.15) is 0 Å². The van der Waals surface area contributed by atoms with Crippen molar-refractivity contribution in [1.29, 1.82) is 0 Å². The third-order valence-electron chi connectivity index (χ3n) is 5.59. The summed E-state index contributed by atoms with van der Waals surface area (Å²) in [6.07, 6.45) is 3.03. The summed E-state index contributed by atoms with van der Waals surface area (Å²) < 4.78 is 5.63. The summed E-state index contributed by atoms with van der Waals surface area (Å²) in [6, 6.07) is 1.77. The van der Waals surface area contributed by atoms with Crippen LogP contribution in [0.15, 0.2) is 0 Å². The number of carbonyl (C=O) groups excluding carboxylic acids is 1. The van der Waals surface area contributed by atoms with Crippen molar-refractivity contribution in [2.24, 2.45) is 11.8 Å². The van der Waals surface area contributed by atoms with Gasteiger partial charge in [-0.15, -0.1) is 0 Å². The minimum Gasteiger partial charge on any atom is -0.441 e. The highest BCUT2D eigenvalue weighted by Crippen LogP contribution is 2.47. The lowest BCUT2D eigenvalue weighted by molar-refractivity contribution is -0.0525. The normalized spacial score (nSPS) is 43.6. The second-order valence-corrected chi connectivity index (χ2v) is 7.20. The summed E-state index contributed by atoms with van der Waals surface area (Å²) in [6.45, 7) is 10.0. The Labute approximate surface area is 115 Å². The number of carbonyl (C=O) groups is 1. The molecule has 0 radical (unpaired) electrons. The molecule has 2 unspecified atom stereocenters. The zero-order valence-electron chi connectivity index (χ0n) is 12.5. The molecular weight excluding hydrogens is 240 g/mol. The number of alkyl carbamates (subject to hydrolysis) is 1. The van der Waals surface area contributed by atoms with E-state index in [4.69, 9.17) is 4.74 Å². The lowest BCUT2D eigenvalue weighted by atomic mass is 9.83. The number of hydrogen-bond donors (Lipinski definition) is 1. The Hall–Kier alpha value is -0.770. The van der Waals surface area contributed by atoms with E-state index in [0.29, 0.717) is 36.5 Å². The Kier molecular flexibility index (Phi) is 3.04. The van der Waals surface area contributed by atoms with Crippen molar-refractivity contribution in [3.8, 4) is 0 Å². The molecule has 4 heteroatoms. The molecule has 1 N–H and O–H groups in total. The van der Waals surface area contributed by atoms with Crippen LogP contribution in [0.1, 0.15) is 47.0 Å². The number of nitrogens with one attached hydrogen (secondary N) is 1. The van der Waals surface area contributed by atoms with Crippen molar-refractivity contribution in [1.82, 2.24) is 10.2 Å². The molecule has 108 valence electrons. The van der Waals surface area contributed by atoms with Gasteiger partial charge in [0, 0.05) is 31.0 Å². The zero-order chi connectivity index (χ0) is 13.8.